The molecule has 0 unspecified atom stereocenters. The average molecular weight is 346 g/mol. The Kier molecular flexibility index (Phi) is 5.99. The lowest BCUT2D eigenvalue weighted by molar-refractivity contribution is -0.127. The molecule has 2 aromatic rings. The summed E-state index contributed by atoms with van der Waals surface area (Å²) >= 11 is 1.63. The molecule has 1 amide bonds. The van der Waals surface area contributed by atoms with Crippen LogP contribution in [0.3, 0.4) is 0 Å². The fraction of sp³-hybridized carbons (Fsp3) is 0.474. The Morgan fingerprint density at radius 3 is 2.50 bits per heavy atom. The lowest BCUT2D eigenvalue weighted by Crippen LogP contribution is -2.37. The number of thiazole rings is 1. The van der Waals surface area contributed by atoms with Crippen molar-refractivity contribution < 1.29 is 9.53 Å². The van der Waals surface area contributed by atoms with E-state index in [1.807, 2.05) is 36.6 Å². The molecule has 0 saturated heterocycles. The Bertz CT molecular complexity index is 671. The van der Waals surface area contributed by atoms with Gasteiger partial charge < -0.3 is 10.1 Å². The molecule has 1 N–H and O–H groups in total. The van der Waals surface area contributed by atoms with Crippen molar-refractivity contribution in [3.63, 3.8) is 0 Å². The Morgan fingerprint density at radius 1 is 1.29 bits per heavy atom. The molecule has 130 valence electrons. The number of hydrogen-bond acceptors (Lipinski definition) is 4. The van der Waals surface area contributed by atoms with E-state index in [0.717, 1.165) is 17.1 Å². The summed E-state index contributed by atoms with van der Waals surface area (Å²) in [7, 11) is 0. The van der Waals surface area contributed by atoms with Gasteiger partial charge in [-0.3, -0.25) is 4.79 Å². The molecule has 0 saturated carbocycles. The van der Waals surface area contributed by atoms with E-state index in [4.69, 9.17) is 4.74 Å². The van der Waals surface area contributed by atoms with Crippen molar-refractivity contribution in [2.45, 2.75) is 52.6 Å². The SMILES string of the molecule is Cc1nc(CCNC(=O)[C@H](C)Oc2ccc(C(C)(C)C)cc2)cs1. The quantitative estimate of drug-likeness (QED) is 0.864. The van der Waals surface area contributed by atoms with Gasteiger partial charge in [0.1, 0.15) is 5.75 Å². The Balaban J connectivity index is 1.80. The van der Waals surface area contributed by atoms with Crippen molar-refractivity contribution in [1.29, 1.82) is 0 Å². The molecule has 1 heterocycles. The fourth-order valence-corrected chi connectivity index (χ4v) is 2.92. The molecule has 0 bridgehead atoms. The van der Waals surface area contributed by atoms with E-state index in [0.29, 0.717) is 12.3 Å². The largest absolute Gasteiger partial charge is 0.481 e. The summed E-state index contributed by atoms with van der Waals surface area (Å²) < 4.78 is 5.73. The van der Waals surface area contributed by atoms with Crippen molar-refractivity contribution in [3.05, 3.63) is 45.9 Å². The second-order valence-corrected chi connectivity index (χ2v) is 8.00. The number of hydrogen-bond donors (Lipinski definition) is 1. The van der Waals surface area contributed by atoms with Crippen molar-refractivity contribution in [2.75, 3.05) is 6.54 Å². The second-order valence-electron chi connectivity index (χ2n) is 6.93. The van der Waals surface area contributed by atoms with Gasteiger partial charge in [-0.15, -0.1) is 11.3 Å². The van der Waals surface area contributed by atoms with Crippen molar-refractivity contribution in [3.8, 4) is 5.75 Å². The third-order valence-corrected chi connectivity index (χ3v) is 4.57. The topological polar surface area (TPSA) is 51.2 Å². The normalized spacial score (nSPS) is 12.7. The van der Waals surface area contributed by atoms with Crippen LogP contribution in [0, 0.1) is 6.92 Å². The first-order valence-electron chi connectivity index (χ1n) is 8.21. The Labute approximate surface area is 148 Å². The first kappa shape index (κ1) is 18.5. The molecule has 5 heteroatoms. The van der Waals surface area contributed by atoms with Crippen LogP contribution in [0.15, 0.2) is 29.6 Å². The highest BCUT2D eigenvalue weighted by Crippen LogP contribution is 2.24. The summed E-state index contributed by atoms with van der Waals surface area (Å²) in [6, 6.07) is 7.93. The highest BCUT2D eigenvalue weighted by Gasteiger charge is 2.16. The standard InChI is InChI=1S/C19H26N2O2S/c1-13(18(22)20-11-10-16-12-24-14(2)21-16)23-17-8-6-15(7-9-17)19(3,4)5/h6-9,12-13H,10-11H2,1-5H3,(H,20,22)/t13-/m0/s1. The third-order valence-electron chi connectivity index (χ3n) is 3.75. The predicted molar refractivity (Wildman–Crippen MR) is 98.8 cm³/mol. The van der Waals surface area contributed by atoms with Crippen LogP contribution < -0.4 is 10.1 Å². The molecule has 0 radical (unpaired) electrons. The summed E-state index contributed by atoms with van der Waals surface area (Å²) in [5.74, 6) is 0.600. The number of nitrogens with one attached hydrogen (secondary N) is 1. The molecule has 0 aliphatic carbocycles. The minimum Gasteiger partial charge on any atom is -0.481 e. The second kappa shape index (κ2) is 7.79. The molecule has 0 aliphatic rings. The minimum atomic E-state index is -0.525. The zero-order valence-electron chi connectivity index (χ0n) is 15.1. The lowest BCUT2D eigenvalue weighted by atomic mass is 9.87. The molecule has 0 aliphatic heterocycles. The fourth-order valence-electron chi connectivity index (χ4n) is 2.27. The van der Waals surface area contributed by atoms with Crippen LogP contribution in [0.5, 0.6) is 5.75 Å². The molecule has 1 aromatic carbocycles. The summed E-state index contributed by atoms with van der Waals surface area (Å²) in [6.45, 7) is 10.8. The summed E-state index contributed by atoms with van der Waals surface area (Å²) in [4.78, 5) is 16.5. The van der Waals surface area contributed by atoms with Gasteiger partial charge in [-0.2, -0.15) is 0 Å². The van der Waals surface area contributed by atoms with Gasteiger partial charge in [-0.05, 0) is 37.0 Å². The van der Waals surface area contributed by atoms with Gasteiger partial charge in [-0.1, -0.05) is 32.9 Å². The highest BCUT2D eigenvalue weighted by atomic mass is 32.1. The van der Waals surface area contributed by atoms with E-state index >= 15 is 0 Å². The molecule has 1 atom stereocenters. The average Bonchev–Trinajstić information content (AvgIpc) is 2.92. The van der Waals surface area contributed by atoms with Gasteiger partial charge in [0.15, 0.2) is 6.10 Å². The number of carbonyl (C=O) groups is 1. The first-order valence-corrected chi connectivity index (χ1v) is 9.09. The number of nitrogens with zero attached hydrogens (tertiary/aromatic N) is 1. The zero-order chi connectivity index (χ0) is 17.7. The minimum absolute atomic E-state index is 0.107. The van der Waals surface area contributed by atoms with Gasteiger partial charge in [0.25, 0.3) is 5.91 Å². The van der Waals surface area contributed by atoms with E-state index in [-0.39, 0.29) is 11.3 Å². The number of aryl methyl sites for hydroxylation is 1. The van der Waals surface area contributed by atoms with E-state index in [1.54, 1.807) is 18.3 Å². The Morgan fingerprint density at radius 2 is 1.96 bits per heavy atom. The van der Waals surface area contributed by atoms with E-state index in [9.17, 15) is 4.79 Å². The third kappa shape index (κ3) is 5.34. The van der Waals surface area contributed by atoms with Gasteiger partial charge in [-0.25, -0.2) is 4.98 Å². The number of rotatable bonds is 6. The Hall–Kier alpha value is -1.88. The van der Waals surface area contributed by atoms with Crippen LogP contribution in [0.1, 0.15) is 44.0 Å². The first-order chi connectivity index (χ1) is 11.3. The van der Waals surface area contributed by atoms with Crippen LogP contribution in [0.2, 0.25) is 0 Å². The van der Waals surface area contributed by atoms with Crippen molar-refractivity contribution in [1.82, 2.24) is 10.3 Å². The molecular weight excluding hydrogens is 320 g/mol. The molecule has 1 aromatic heterocycles. The predicted octanol–water partition coefficient (Wildman–Crippen LogP) is 3.88. The smallest absolute Gasteiger partial charge is 0.260 e. The van der Waals surface area contributed by atoms with Gasteiger partial charge >= 0.3 is 0 Å². The number of benzene rings is 1. The van der Waals surface area contributed by atoms with Gasteiger partial charge in [0, 0.05) is 18.3 Å². The molecule has 4 nitrogen and oxygen atoms in total. The molecule has 24 heavy (non-hydrogen) atoms. The van der Waals surface area contributed by atoms with Gasteiger partial charge in [0.2, 0.25) is 0 Å². The number of ether oxygens (including phenoxy) is 1. The summed E-state index contributed by atoms with van der Waals surface area (Å²) in [6.07, 6.45) is 0.214. The molecular formula is C19H26N2O2S. The van der Waals surface area contributed by atoms with Crippen molar-refractivity contribution in [2.24, 2.45) is 0 Å². The van der Waals surface area contributed by atoms with Crippen LogP contribution in [-0.4, -0.2) is 23.5 Å². The van der Waals surface area contributed by atoms with E-state index < -0.39 is 6.10 Å². The number of amides is 1. The number of carbonyl (C=O) groups excluding carboxylic acids is 1. The molecule has 0 spiro atoms. The van der Waals surface area contributed by atoms with Crippen LogP contribution in [0.4, 0.5) is 0 Å². The monoisotopic (exact) mass is 346 g/mol. The van der Waals surface area contributed by atoms with E-state index in [2.05, 4.69) is 31.1 Å². The molecule has 2 rings (SSSR count). The highest BCUT2D eigenvalue weighted by molar-refractivity contribution is 7.09. The number of aromatic nitrogens is 1. The van der Waals surface area contributed by atoms with Crippen LogP contribution in [-0.2, 0) is 16.6 Å². The zero-order valence-corrected chi connectivity index (χ0v) is 15.9. The van der Waals surface area contributed by atoms with E-state index in [1.165, 1.54) is 5.56 Å². The summed E-state index contributed by atoms with van der Waals surface area (Å²) in [5, 5.41) is 5.97. The maximum Gasteiger partial charge on any atom is 0.260 e. The molecule has 0 fully saturated rings. The van der Waals surface area contributed by atoms with Gasteiger partial charge in [0.05, 0.1) is 10.7 Å². The lowest BCUT2D eigenvalue weighted by Gasteiger charge is -2.20. The van der Waals surface area contributed by atoms with Crippen LogP contribution >= 0.6 is 11.3 Å². The maximum absolute atomic E-state index is 12.1. The van der Waals surface area contributed by atoms with Crippen LogP contribution in [0.25, 0.3) is 0 Å². The summed E-state index contributed by atoms with van der Waals surface area (Å²) in [5.41, 5.74) is 2.37. The van der Waals surface area contributed by atoms with Crippen molar-refractivity contribution >= 4 is 17.2 Å². The maximum atomic E-state index is 12.1.